The molecule has 0 amide bonds. The molecule has 3 N–H and O–H groups in total. The van der Waals surface area contributed by atoms with E-state index in [0.29, 0.717) is 10.9 Å². The smallest absolute Gasteiger partial charge is 0.251 e. The Balaban J connectivity index is 2.04. The molecule has 1 atom stereocenters. The highest BCUT2D eigenvalue weighted by Gasteiger charge is 2.09. The lowest BCUT2D eigenvalue weighted by Crippen LogP contribution is -2.15. The number of thioether (sulfide) groups is 1. The van der Waals surface area contributed by atoms with E-state index in [0.717, 1.165) is 24.1 Å². The number of nitrogens with zero attached hydrogens (tertiary/aromatic N) is 1. The molecule has 0 aliphatic rings. The van der Waals surface area contributed by atoms with Gasteiger partial charge >= 0.3 is 0 Å². The molecule has 1 aromatic carbocycles. The third-order valence-electron chi connectivity index (χ3n) is 2.96. The van der Waals surface area contributed by atoms with Crippen LogP contribution in [-0.2, 0) is 6.42 Å². The van der Waals surface area contributed by atoms with Gasteiger partial charge in [0.25, 0.3) is 5.56 Å². The van der Waals surface area contributed by atoms with Crippen molar-refractivity contribution in [2.45, 2.75) is 31.0 Å². The summed E-state index contributed by atoms with van der Waals surface area (Å²) in [6, 6.07) is 7.44. The number of halogens is 1. The van der Waals surface area contributed by atoms with Crippen molar-refractivity contribution in [2.75, 3.05) is 5.75 Å². The van der Waals surface area contributed by atoms with Gasteiger partial charge < -0.3 is 10.7 Å². The van der Waals surface area contributed by atoms with Gasteiger partial charge in [0.15, 0.2) is 5.16 Å². The lowest BCUT2D eigenvalue weighted by atomic mass is 10.1. The maximum absolute atomic E-state index is 13.2. The number of nitrogens with one attached hydrogen (secondary N) is 1. The predicted molar refractivity (Wildman–Crippen MR) is 82.9 cm³/mol. The number of rotatable bonds is 6. The minimum absolute atomic E-state index is 0.157. The summed E-state index contributed by atoms with van der Waals surface area (Å²) in [5.74, 6) is 0.214. The number of aromatic amines is 1. The number of benzene rings is 1. The summed E-state index contributed by atoms with van der Waals surface area (Å²) in [4.78, 5) is 18.6. The maximum Gasteiger partial charge on any atom is 0.251 e. The quantitative estimate of drug-likeness (QED) is 0.636. The molecular formula is C15H18FN3OS. The number of aryl methyl sites for hydroxylation is 1. The minimum Gasteiger partial charge on any atom is -0.323 e. The number of aromatic nitrogens is 2. The second-order valence-corrected chi connectivity index (χ2v) is 5.77. The Morgan fingerprint density at radius 3 is 2.95 bits per heavy atom. The van der Waals surface area contributed by atoms with Gasteiger partial charge in [-0.15, -0.1) is 0 Å². The fourth-order valence-corrected chi connectivity index (χ4v) is 2.82. The Morgan fingerprint density at radius 1 is 1.43 bits per heavy atom. The molecule has 112 valence electrons. The molecule has 0 saturated heterocycles. The third kappa shape index (κ3) is 4.68. The summed E-state index contributed by atoms with van der Waals surface area (Å²) in [7, 11) is 0. The van der Waals surface area contributed by atoms with Gasteiger partial charge in [-0.1, -0.05) is 37.2 Å². The molecule has 0 saturated carbocycles. The highest BCUT2D eigenvalue weighted by Crippen LogP contribution is 2.20. The van der Waals surface area contributed by atoms with Crippen LogP contribution >= 0.6 is 11.8 Å². The van der Waals surface area contributed by atoms with Crippen LogP contribution in [0.4, 0.5) is 4.39 Å². The highest BCUT2D eigenvalue weighted by atomic mass is 32.2. The van der Waals surface area contributed by atoms with E-state index in [4.69, 9.17) is 5.73 Å². The lowest BCUT2D eigenvalue weighted by molar-refractivity contribution is 0.622. The van der Waals surface area contributed by atoms with Crippen LogP contribution in [0.3, 0.4) is 0 Å². The zero-order valence-electron chi connectivity index (χ0n) is 11.8. The first-order valence-electron chi connectivity index (χ1n) is 6.82. The van der Waals surface area contributed by atoms with Crippen molar-refractivity contribution in [2.24, 2.45) is 5.73 Å². The van der Waals surface area contributed by atoms with Crippen LogP contribution in [0.15, 0.2) is 40.3 Å². The van der Waals surface area contributed by atoms with Crippen LogP contribution in [0, 0.1) is 5.82 Å². The second-order valence-electron chi connectivity index (χ2n) is 4.76. The van der Waals surface area contributed by atoms with Gasteiger partial charge in [-0.05, 0) is 24.1 Å². The summed E-state index contributed by atoms with van der Waals surface area (Å²) in [6.07, 6.45) is 1.71. The largest absolute Gasteiger partial charge is 0.323 e. The molecule has 0 spiro atoms. The van der Waals surface area contributed by atoms with Crippen LogP contribution in [0.2, 0.25) is 0 Å². The first-order valence-corrected chi connectivity index (χ1v) is 7.81. The van der Waals surface area contributed by atoms with Gasteiger partial charge in [-0.3, -0.25) is 4.79 Å². The third-order valence-corrected chi connectivity index (χ3v) is 3.95. The lowest BCUT2D eigenvalue weighted by Gasteiger charge is -2.11. The molecule has 1 aromatic heterocycles. The van der Waals surface area contributed by atoms with E-state index in [9.17, 15) is 9.18 Å². The molecule has 4 nitrogen and oxygen atoms in total. The molecule has 0 radical (unpaired) electrons. The first-order chi connectivity index (χ1) is 10.1. The molecular weight excluding hydrogens is 289 g/mol. The zero-order valence-corrected chi connectivity index (χ0v) is 12.6. The highest BCUT2D eigenvalue weighted by molar-refractivity contribution is 7.99. The Morgan fingerprint density at radius 2 is 2.24 bits per heavy atom. The van der Waals surface area contributed by atoms with Crippen molar-refractivity contribution < 1.29 is 4.39 Å². The average molecular weight is 307 g/mol. The molecule has 2 rings (SSSR count). The zero-order chi connectivity index (χ0) is 15.2. The van der Waals surface area contributed by atoms with Crippen molar-refractivity contribution in [3.05, 3.63) is 57.8 Å². The van der Waals surface area contributed by atoms with E-state index in [1.807, 2.05) is 6.92 Å². The van der Waals surface area contributed by atoms with Gasteiger partial charge in [0, 0.05) is 23.6 Å². The van der Waals surface area contributed by atoms with Crippen LogP contribution in [0.5, 0.6) is 0 Å². The van der Waals surface area contributed by atoms with Crippen LogP contribution in [0.25, 0.3) is 0 Å². The second kappa shape index (κ2) is 7.38. The van der Waals surface area contributed by atoms with E-state index in [1.165, 1.54) is 30.0 Å². The number of nitrogens with two attached hydrogens (primary N) is 1. The summed E-state index contributed by atoms with van der Waals surface area (Å²) >= 11 is 1.37. The molecule has 0 bridgehead atoms. The molecule has 0 fully saturated rings. The molecule has 2 aromatic rings. The monoisotopic (exact) mass is 307 g/mol. The molecule has 0 aliphatic carbocycles. The van der Waals surface area contributed by atoms with Crippen molar-refractivity contribution in [1.82, 2.24) is 9.97 Å². The summed E-state index contributed by atoms with van der Waals surface area (Å²) in [5.41, 5.74) is 7.39. The van der Waals surface area contributed by atoms with Gasteiger partial charge in [0.1, 0.15) is 5.82 Å². The maximum atomic E-state index is 13.2. The predicted octanol–water partition coefficient (Wildman–Crippen LogP) is 2.65. The topological polar surface area (TPSA) is 71.8 Å². The summed E-state index contributed by atoms with van der Waals surface area (Å²) in [6.45, 7) is 2.04. The Labute approximate surface area is 127 Å². The Kier molecular flexibility index (Phi) is 5.52. The average Bonchev–Trinajstić information content (AvgIpc) is 2.44. The van der Waals surface area contributed by atoms with Gasteiger partial charge in [0.2, 0.25) is 0 Å². The van der Waals surface area contributed by atoms with E-state index in [1.54, 1.807) is 12.1 Å². The van der Waals surface area contributed by atoms with Gasteiger partial charge in [-0.25, -0.2) is 9.37 Å². The van der Waals surface area contributed by atoms with Crippen molar-refractivity contribution in [3.63, 3.8) is 0 Å². The molecule has 21 heavy (non-hydrogen) atoms. The van der Waals surface area contributed by atoms with Crippen LogP contribution in [0.1, 0.15) is 30.6 Å². The van der Waals surface area contributed by atoms with Gasteiger partial charge in [0.05, 0.1) is 0 Å². The number of hydrogen-bond donors (Lipinski definition) is 2. The molecule has 0 aliphatic heterocycles. The van der Waals surface area contributed by atoms with E-state index >= 15 is 0 Å². The van der Waals surface area contributed by atoms with Crippen molar-refractivity contribution >= 4 is 11.8 Å². The van der Waals surface area contributed by atoms with Crippen LogP contribution in [-0.4, -0.2) is 15.7 Å². The normalized spacial score (nSPS) is 12.3. The van der Waals surface area contributed by atoms with E-state index in [2.05, 4.69) is 9.97 Å². The summed E-state index contributed by atoms with van der Waals surface area (Å²) in [5, 5.41) is 0.554. The molecule has 6 heteroatoms. The SMILES string of the molecule is CCCc1cc(=O)[nH]c(SCC(N)c2cccc(F)c2)n1. The number of H-pyrrole nitrogens is 1. The minimum atomic E-state index is -0.314. The Bertz CT molecular complexity index is 659. The Hall–Kier alpha value is -1.66. The number of hydrogen-bond acceptors (Lipinski definition) is 4. The summed E-state index contributed by atoms with van der Waals surface area (Å²) < 4.78 is 13.2. The fourth-order valence-electron chi connectivity index (χ4n) is 1.94. The first kappa shape index (κ1) is 15.7. The molecule has 1 unspecified atom stereocenters. The van der Waals surface area contributed by atoms with E-state index in [-0.39, 0.29) is 17.4 Å². The fraction of sp³-hybridized carbons (Fsp3) is 0.333. The van der Waals surface area contributed by atoms with E-state index < -0.39 is 0 Å². The van der Waals surface area contributed by atoms with Crippen molar-refractivity contribution in [3.8, 4) is 0 Å². The van der Waals surface area contributed by atoms with Crippen molar-refractivity contribution in [1.29, 1.82) is 0 Å². The van der Waals surface area contributed by atoms with Crippen LogP contribution < -0.4 is 11.3 Å². The van der Waals surface area contributed by atoms with Gasteiger partial charge in [-0.2, -0.15) is 0 Å². The standard InChI is InChI=1S/C15H18FN3OS/c1-2-4-12-8-14(20)19-15(18-12)21-9-13(17)10-5-3-6-11(16)7-10/h3,5-8,13H,2,4,9,17H2,1H3,(H,18,19,20). The molecule has 1 heterocycles.